The maximum Gasteiger partial charge on any atom is 0.290 e. The summed E-state index contributed by atoms with van der Waals surface area (Å²) in [6, 6.07) is 5.65. The van der Waals surface area contributed by atoms with E-state index in [0.717, 1.165) is 30.6 Å². The van der Waals surface area contributed by atoms with Gasteiger partial charge in [-0.05, 0) is 38.8 Å². The molecule has 20 heavy (non-hydrogen) atoms. The molecule has 0 saturated heterocycles. The van der Waals surface area contributed by atoms with Crippen LogP contribution in [-0.4, -0.2) is 21.0 Å². The number of hydrazone groups is 1. The minimum Gasteiger partial charge on any atom is -0.295 e. The van der Waals surface area contributed by atoms with Crippen LogP contribution in [0.25, 0.3) is 5.65 Å². The van der Waals surface area contributed by atoms with Crippen molar-refractivity contribution in [2.24, 2.45) is 5.10 Å². The molecule has 2 aromatic rings. The fraction of sp³-hybridized carbons (Fsp3) is 0.400. The zero-order valence-corrected chi connectivity index (χ0v) is 12.2. The highest BCUT2D eigenvalue weighted by atomic mass is 16.2. The number of nitrogens with zero attached hydrogens (tertiary/aromatic N) is 3. The monoisotopic (exact) mass is 272 g/mol. The van der Waals surface area contributed by atoms with Gasteiger partial charge in [-0.15, -0.1) is 0 Å². The molecule has 0 spiro atoms. The van der Waals surface area contributed by atoms with Crippen molar-refractivity contribution in [3.8, 4) is 0 Å². The first-order chi connectivity index (χ1) is 9.63. The predicted octanol–water partition coefficient (Wildman–Crippen LogP) is 2.94. The number of pyridine rings is 1. The van der Waals surface area contributed by atoms with E-state index in [4.69, 9.17) is 0 Å². The Hall–Kier alpha value is -2.17. The number of unbranched alkanes of at least 4 members (excludes halogenated alkanes) is 1. The number of aromatic nitrogens is 2. The van der Waals surface area contributed by atoms with E-state index in [-0.39, 0.29) is 5.91 Å². The molecule has 2 rings (SSSR count). The van der Waals surface area contributed by atoms with Crippen molar-refractivity contribution < 1.29 is 4.79 Å². The number of aryl methyl sites for hydroxylation is 1. The van der Waals surface area contributed by atoms with E-state index in [9.17, 15) is 4.79 Å². The van der Waals surface area contributed by atoms with Crippen LogP contribution in [0.3, 0.4) is 0 Å². The first-order valence-electron chi connectivity index (χ1n) is 6.90. The second kappa shape index (κ2) is 6.32. The normalized spacial score (nSPS) is 11.8. The van der Waals surface area contributed by atoms with Crippen LogP contribution in [0.1, 0.15) is 49.3 Å². The lowest BCUT2D eigenvalue weighted by molar-refractivity contribution is 0.0948. The molecule has 0 radical (unpaired) electrons. The molecule has 2 aromatic heterocycles. The Morgan fingerprint density at radius 2 is 2.25 bits per heavy atom. The van der Waals surface area contributed by atoms with Crippen molar-refractivity contribution in [1.29, 1.82) is 0 Å². The standard InChI is InChI=1S/C15H20N4O/c1-4-5-8-11(2)17-18-15(20)14-12(3)16-13-9-6-7-10-19(13)14/h6-7,9-10H,4-5,8H2,1-3H3,(H,18,20)/b17-11-. The molecule has 1 N–H and O–H groups in total. The number of fused-ring (bicyclic) bond motifs is 1. The number of nitrogens with one attached hydrogen (secondary N) is 1. The van der Waals surface area contributed by atoms with Gasteiger partial charge in [0.15, 0.2) is 0 Å². The number of hydrogen-bond donors (Lipinski definition) is 1. The molecule has 0 aliphatic rings. The molecule has 0 bridgehead atoms. The Labute approximate surface area is 118 Å². The molecule has 0 saturated carbocycles. The van der Waals surface area contributed by atoms with Crippen molar-refractivity contribution in [2.75, 3.05) is 0 Å². The molecule has 0 fully saturated rings. The van der Waals surface area contributed by atoms with Crippen molar-refractivity contribution in [3.63, 3.8) is 0 Å². The lowest BCUT2D eigenvalue weighted by atomic mass is 10.2. The molecule has 1 amide bonds. The van der Waals surface area contributed by atoms with Crippen molar-refractivity contribution in [3.05, 3.63) is 35.8 Å². The molecule has 0 aliphatic heterocycles. The van der Waals surface area contributed by atoms with E-state index in [2.05, 4.69) is 22.4 Å². The Kier molecular flexibility index (Phi) is 4.50. The first-order valence-corrected chi connectivity index (χ1v) is 6.90. The molecular weight excluding hydrogens is 252 g/mol. The van der Waals surface area contributed by atoms with Crippen LogP contribution >= 0.6 is 0 Å². The Morgan fingerprint density at radius 1 is 1.45 bits per heavy atom. The number of carbonyl (C=O) groups excluding carboxylic acids is 1. The lowest BCUT2D eigenvalue weighted by Crippen LogP contribution is -2.21. The Balaban J connectivity index is 2.17. The summed E-state index contributed by atoms with van der Waals surface area (Å²) in [7, 11) is 0. The SMILES string of the molecule is CCCC/C(C)=N\NC(=O)c1c(C)nc2ccccn12. The molecule has 2 heterocycles. The third-order valence-electron chi connectivity index (χ3n) is 3.16. The van der Waals surface area contributed by atoms with Crippen molar-refractivity contribution >= 4 is 17.3 Å². The van der Waals surface area contributed by atoms with Gasteiger partial charge in [0, 0.05) is 11.9 Å². The van der Waals surface area contributed by atoms with Crippen LogP contribution in [0, 0.1) is 6.92 Å². The van der Waals surface area contributed by atoms with Crippen molar-refractivity contribution in [1.82, 2.24) is 14.8 Å². The van der Waals surface area contributed by atoms with Gasteiger partial charge in [-0.2, -0.15) is 5.10 Å². The highest BCUT2D eigenvalue weighted by Gasteiger charge is 2.15. The fourth-order valence-corrected chi connectivity index (χ4v) is 2.07. The van der Waals surface area contributed by atoms with Gasteiger partial charge in [-0.1, -0.05) is 19.4 Å². The summed E-state index contributed by atoms with van der Waals surface area (Å²) in [5.74, 6) is -0.225. The number of rotatable bonds is 5. The summed E-state index contributed by atoms with van der Waals surface area (Å²) in [6.07, 6.45) is 4.94. The number of amides is 1. The fourth-order valence-electron chi connectivity index (χ4n) is 2.07. The Morgan fingerprint density at radius 3 is 3.00 bits per heavy atom. The van der Waals surface area contributed by atoms with E-state index in [1.54, 1.807) is 4.40 Å². The minimum atomic E-state index is -0.225. The lowest BCUT2D eigenvalue weighted by Gasteiger charge is -2.03. The van der Waals surface area contributed by atoms with E-state index in [1.807, 2.05) is 38.2 Å². The van der Waals surface area contributed by atoms with Crippen molar-refractivity contribution in [2.45, 2.75) is 40.0 Å². The van der Waals surface area contributed by atoms with Gasteiger partial charge in [0.05, 0.1) is 5.69 Å². The van der Waals surface area contributed by atoms with Crippen LogP contribution in [0.4, 0.5) is 0 Å². The van der Waals surface area contributed by atoms with Crippen LogP contribution in [0.2, 0.25) is 0 Å². The summed E-state index contributed by atoms with van der Waals surface area (Å²) in [5, 5.41) is 4.14. The second-order valence-corrected chi connectivity index (χ2v) is 4.87. The van der Waals surface area contributed by atoms with Gasteiger partial charge in [0.25, 0.3) is 5.91 Å². The maximum atomic E-state index is 12.2. The molecule has 5 heteroatoms. The minimum absolute atomic E-state index is 0.225. The molecule has 0 atom stereocenters. The maximum absolute atomic E-state index is 12.2. The summed E-state index contributed by atoms with van der Waals surface area (Å²) in [6.45, 7) is 5.89. The summed E-state index contributed by atoms with van der Waals surface area (Å²) in [4.78, 5) is 16.6. The predicted molar refractivity (Wildman–Crippen MR) is 80.0 cm³/mol. The van der Waals surface area contributed by atoms with Crippen LogP contribution in [0.15, 0.2) is 29.5 Å². The molecular formula is C15H20N4O. The average molecular weight is 272 g/mol. The van der Waals surface area contributed by atoms with Gasteiger partial charge in [-0.3, -0.25) is 9.20 Å². The number of hydrogen-bond acceptors (Lipinski definition) is 3. The number of carbonyl (C=O) groups is 1. The third kappa shape index (κ3) is 3.04. The van der Waals surface area contributed by atoms with Gasteiger partial charge in [0.2, 0.25) is 0 Å². The zero-order chi connectivity index (χ0) is 14.5. The highest BCUT2D eigenvalue weighted by Crippen LogP contribution is 2.11. The van der Waals surface area contributed by atoms with Gasteiger partial charge < -0.3 is 0 Å². The summed E-state index contributed by atoms with van der Waals surface area (Å²) >= 11 is 0. The quantitative estimate of drug-likeness (QED) is 0.672. The largest absolute Gasteiger partial charge is 0.295 e. The molecule has 106 valence electrons. The number of imidazole rings is 1. The second-order valence-electron chi connectivity index (χ2n) is 4.87. The van der Waals surface area contributed by atoms with E-state index in [1.165, 1.54) is 0 Å². The summed E-state index contributed by atoms with van der Waals surface area (Å²) < 4.78 is 1.78. The Bertz CT molecular complexity index is 642. The van der Waals surface area contributed by atoms with Crippen LogP contribution in [-0.2, 0) is 0 Å². The van der Waals surface area contributed by atoms with Gasteiger partial charge in [-0.25, -0.2) is 10.4 Å². The van der Waals surface area contributed by atoms with Gasteiger partial charge >= 0.3 is 0 Å². The average Bonchev–Trinajstić information content (AvgIpc) is 2.78. The smallest absolute Gasteiger partial charge is 0.290 e. The zero-order valence-electron chi connectivity index (χ0n) is 12.2. The van der Waals surface area contributed by atoms with Crippen LogP contribution in [0.5, 0.6) is 0 Å². The topological polar surface area (TPSA) is 58.8 Å². The van der Waals surface area contributed by atoms with E-state index in [0.29, 0.717) is 11.4 Å². The highest BCUT2D eigenvalue weighted by molar-refractivity contribution is 5.95. The van der Waals surface area contributed by atoms with Crippen LogP contribution < -0.4 is 5.43 Å². The third-order valence-corrected chi connectivity index (χ3v) is 3.16. The molecule has 5 nitrogen and oxygen atoms in total. The molecule has 0 aliphatic carbocycles. The van der Waals surface area contributed by atoms with E-state index >= 15 is 0 Å². The summed E-state index contributed by atoms with van der Waals surface area (Å²) in [5.41, 5.74) is 5.56. The van der Waals surface area contributed by atoms with Gasteiger partial charge in [0.1, 0.15) is 11.3 Å². The van der Waals surface area contributed by atoms with E-state index < -0.39 is 0 Å². The first kappa shape index (κ1) is 14.2. The molecule has 0 unspecified atom stereocenters. The molecule has 0 aromatic carbocycles.